The van der Waals surface area contributed by atoms with Gasteiger partial charge in [0.25, 0.3) is 0 Å². The molecule has 0 N–H and O–H groups in total. The van der Waals surface area contributed by atoms with Crippen molar-refractivity contribution in [2.45, 2.75) is 20.0 Å². The van der Waals surface area contributed by atoms with E-state index in [-0.39, 0.29) is 12.4 Å². The maximum Gasteiger partial charge on any atom is 0.347 e. The molecule has 5 nitrogen and oxygen atoms in total. The van der Waals surface area contributed by atoms with Gasteiger partial charge in [-0.1, -0.05) is 0 Å². The summed E-state index contributed by atoms with van der Waals surface area (Å²) >= 11 is 1.36. The van der Waals surface area contributed by atoms with Crippen molar-refractivity contribution in [2.75, 3.05) is 6.61 Å². The molecule has 23 heavy (non-hydrogen) atoms. The molecule has 1 atom stereocenters. The van der Waals surface area contributed by atoms with Crippen LogP contribution in [-0.4, -0.2) is 24.5 Å². The van der Waals surface area contributed by atoms with Gasteiger partial charge in [-0.25, -0.2) is 4.79 Å². The highest BCUT2D eigenvalue weighted by atomic mass is 32.1. The number of rotatable bonds is 6. The highest BCUT2D eigenvalue weighted by molar-refractivity contribution is 7.14. The molecule has 0 aliphatic rings. The maximum atomic E-state index is 11.9. The Balaban J connectivity index is 1.84. The van der Waals surface area contributed by atoms with Crippen LogP contribution in [0.1, 0.15) is 27.0 Å². The van der Waals surface area contributed by atoms with Crippen molar-refractivity contribution in [2.24, 2.45) is 0 Å². The number of hydrogen-bond acceptors (Lipinski definition) is 6. The highest BCUT2D eigenvalue weighted by Gasteiger charge is 2.18. The largest absolute Gasteiger partial charge is 0.479 e. The summed E-state index contributed by atoms with van der Waals surface area (Å²) in [6, 6.07) is 11.9. The number of ether oxygens (including phenoxy) is 2. The summed E-state index contributed by atoms with van der Waals surface area (Å²) in [5.41, 5.74) is 0.504. The fourth-order valence-electron chi connectivity index (χ4n) is 1.77. The van der Waals surface area contributed by atoms with Crippen LogP contribution in [0.25, 0.3) is 0 Å². The standard InChI is InChI=1S/C17H15NO4S/c1-11-3-8-16(23-11)15(19)10-21-17(20)12(2)22-14-6-4-13(9-18)5-7-14/h3-8,12H,10H2,1-2H3/t12-/m1/s1. The SMILES string of the molecule is Cc1ccc(C(=O)COC(=O)[C@@H](C)Oc2ccc(C#N)cc2)s1. The maximum absolute atomic E-state index is 11.9. The van der Waals surface area contributed by atoms with Crippen LogP contribution >= 0.6 is 11.3 Å². The number of nitrogens with zero attached hydrogens (tertiary/aromatic N) is 1. The van der Waals surface area contributed by atoms with Crippen molar-refractivity contribution in [1.29, 1.82) is 5.26 Å². The van der Waals surface area contributed by atoms with E-state index >= 15 is 0 Å². The van der Waals surface area contributed by atoms with Crippen LogP contribution in [0.3, 0.4) is 0 Å². The molecule has 1 heterocycles. The van der Waals surface area contributed by atoms with Gasteiger partial charge in [0, 0.05) is 4.88 Å². The molecule has 2 aromatic rings. The zero-order valence-corrected chi connectivity index (χ0v) is 13.6. The Morgan fingerprint density at radius 2 is 1.91 bits per heavy atom. The fraction of sp³-hybridized carbons (Fsp3) is 0.235. The van der Waals surface area contributed by atoms with Crippen LogP contribution in [0.15, 0.2) is 36.4 Å². The molecule has 0 unspecified atom stereocenters. The minimum absolute atomic E-state index is 0.234. The Bertz CT molecular complexity index is 743. The van der Waals surface area contributed by atoms with E-state index in [1.54, 1.807) is 37.3 Å². The molecule has 0 radical (unpaired) electrons. The minimum Gasteiger partial charge on any atom is -0.479 e. The van der Waals surface area contributed by atoms with E-state index in [0.29, 0.717) is 16.2 Å². The fourth-order valence-corrected chi connectivity index (χ4v) is 2.56. The number of esters is 1. The average Bonchev–Trinajstić information content (AvgIpc) is 2.99. The number of carbonyl (C=O) groups is 2. The third kappa shape index (κ3) is 4.66. The summed E-state index contributed by atoms with van der Waals surface area (Å²) in [6.07, 6.45) is -0.846. The lowest BCUT2D eigenvalue weighted by molar-refractivity contribution is -0.149. The van der Waals surface area contributed by atoms with Crippen LogP contribution in [0.5, 0.6) is 5.75 Å². The summed E-state index contributed by atoms with van der Waals surface area (Å²) < 4.78 is 10.4. The third-order valence-corrected chi connectivity index (χ3v) is 4.03. The zero-order valence-electron chi connectivity index (χ0n) is 12.7. The molecule has 6 heteroatoms. The molecule has 0 saturated carbocycles. The first-order valence-corrected chi connectivity index (χ1v) is 7.74. The van der Waals surface area contributed by atoms with E-state index < -0.39 is 12.1 Å². The second-order valence-corrected chi connectivity index (χ2v) is 6.13. The van der Waals surface area contributed by atoms with Gasteiger partial charge in [0.1, 0.15) is 5.75 Å². The number of aryl methyl sites for hydroxylation is 1. The number of thiophene rings is 1. The number of ketones is 1. The summed E-state index contributed by atoms with van der Waals surface area (Å²) in [5, 5.41) is 8.72. The van der Waals surface area contributed by atoms with Crippen LogP contribution in [0, 0.1) is 18.3 Å². The lowest BCUT2D eigenvalue weighted by atomic mass is 10.2. The van der Waals surface area contributed by atoms with Crippen molar-refractivity contribution in [3.63, 3.8) is 0 Å². The van der Waals surface area contributed by atoms with Crippen molar-refractivity contribution in [3.8, 4) is 11.8 Å². The molecular formula is C17H15NO4S. The number of Topliss-reactive ketones (excluding diaryl/α,β-unsaturated/α-hetero) is 1. The van der Waals surface area contributed by atoms with E-state index in [1.807, 2.05) is 19.1 Å². The Kier molecular flexibility index (Phi) is 5.50. The lowest BCUT2D eigenvalue weighted by Crippen LogP contribution is -2.28. The van der Waals surface area contributed by atoms with Gasteiger partial charge in [0.05, 0.1) is 16.5 Å². The van der Waals surface area contributed by atoms with Crippen LogP contribution < -0.4 is 4.74 Å². The number of nitriles is 1. The van der Waals surface area contributed by atoms with Gasteiger partial charge in [0.2, 0.25) is 5.78 Å². The van der Waals surface area contributed by atoms with Crippen LogP contribution in [0.4, 0.5) is 0 Å². The van der Waals surface area contributed by atoms with E-state index in [2.05, 4.69) is 0 Å². The summed E-state index contributed by atoms with van der Waals surface area (Å²) in [6.45, 7) is 3.14. The molecule has 0 aliphatic heterocycles. The zero-order chi connectivity index (χ0) is 16.8. The van der Waals surface area contributed by atoms with Crippen molar-refractivity contribution < 1.29 is 19.1 Å². The van der Waals surface area contributed by atoms with Crippen LogP contribution in [-0.2, 0) is 9.53 Å². The average molecular weight is 329 g/mol. The Hall–Kier alpha value is -2.65. The van der Waals surface area contributed by atoms with Crippen molar-refractivity contribution in [1.82, 2.24) is 0 Å². The molecule has 0 saturated heterocycles. The number of benzene rings is 1. The van der Waals surface area contributed by atoms with E-state index in [1.165, 1.54) is 11.3 Å². The van der Waals surface area contributed by atoms with Gasteiger partial charge in [0.15, 0.2) is 12.7 Å². The molecule has 0 bridgehead atoms. The van der Waals surface area contributed by atoms with E-state index in [9.17, 15) is 9.59 Å². The second-order valence-electron chi connectivity index (χ2n) is 4.84. The van der Waals surface area contributed by atoms with E-state index in [0.717, 1.165) is 4.88 Å². The van der Waals surface area contributed by atoms with Gasteiger partial charge in [-0.2, -0.15) is 5.26 Å². The molecule has 0 fully saturated rings. The molecule has 2 rings (SSSR count). The third-order valence-electron chi connectivity index (χ3n) is 2.99. The first kappa shape index (κ1) is 16.7. The van der Waals surface area contributed by atoms with Gasteiger partial charge < -0.3 is 9.47 Å². The lowest BCUT2D eigenvalue weighted by Gasteiger charge is -2.13. The molecule has 0 aliphatic carbocycles. The van der Waals surface area contributed by atoms with Gasteiger partial charge >= 0.3 is 5.97 Å². The minimum atomic E-state index is -0.846. The van der Waals surface area contributed by atoms with Gasteiger partial charge in [-0.05, 0) is 50.2 Å². The molecule has 1 aromatic carbocycles. The smallest absolute Gasteiger partial charge is 0.347 e. The first-order valence-electron chi connectivity index (χ1n) is 6.92. The molecule has 0 amide bonds. The monoisotopic (exact) mass is 329 g/mol. The second kappa shape index (κ2) is 7.56. The first-order chi connectivity index (χ1) is 11.0. The normalized spacial score (nSPS) is 11.3. The predicted molar refractivity (Wildman–Crippen MR) is 85.6 cm³/mol. The van der Waals surface area contributed by atoms with Crippen molar-refractivity contribution in [3.05, 3.63) is 51.7 Å². The number of hydrogen-bond donors (Lipinski definition) is 0. The predicted octanol–water partition coefficient (Wildman–Crippen LogP) is 3.12. The Morgan fingerprint density at radius 1 is 1.22 bits per heavy atom. The molecular weight excluding hydrogens is 314 g/mol. The summed E-state index contributed by atoms with van der Waals surface area (Å²) in [4.78, 5) is 25.3. The Morgan fingerprint density at radius 3 is 2.48 bits per heavy atom. The van der Waals surface area contributed by atoms with Gasteiger partial charge in [-0.15, -0.1) is 11.3 Å². The summed E-state index contributed by atoms with van der Waals surface area (Å²) in [5.74, 6) is -0.397. The van der Waals surface area contributed by atoms with Crippen LogP contribution in [0.2, 0.25) is 0 Å². The number of carbonyl (C=O) groups excluding carboxylic acids is 2. The molecule has 1 aromatic heterocycles. The van der Waals surface area contributed by atoms with Gasteiger partial charge in [-0.3, -0.25) is 4.79 Å². The summed E-state index contributed by atoms with van der Waals surface area (Å²) in [7, 11) is 0. The molecule has 0 spiro atoms. The quantitative estimate of drug-likeness (QED) is 0.601. The highest BCUT2D eigenvalue weighted by Crippen LogP contribution is 2.16. The molecule has 118 valence electrons. The van der Waals surface area contributed by atoms with Crippen molar-refractivity contribution >= 4 is 23.1 Å². The van der Waals surface area contributed by atoms with E-state index in [4.69, 9.17) is 14.7 Å². The Labute approximate surface area is 138 Å². The topological polar surface area (TPSA) is 76.4 Å².